The average Bonchev–Trinajstić information content (AvgIpc) is 3.42. The number of fused-ring (bicyclic) bond motifs is 1. The van der Waals surface area contributed by atoms with Crippen molar-refractivity contribution in [3.8, 4) is 0 Å². The molecule has 0 spiro atoms. The normalized spacial score (nSPS) is 29.2. The van der Waals surface area contributed by atoms with Crippen LogP contribution >= 0.6 is 0 Å². The van der Waals surface area contributed by atoms with Gasteiger partial charge in [0.15, 0.2) is 0 Å². The van der Waals surface area contributed by atoms with Gasteiger partial charge in [-0.3, -0.25) is 16.1 Å². The molecule has 0 radical (unpaired) electrons. The first-order valence-corrected chi connectivity index (χ1v) is 10.5. The second-order valence-electron chi connectivity index (χ2n) is 7.67. The molecule has 1 aromatic rings. The number of likely N-dealkylation sites (tertiary alicyclic amines) is 1. The number of benzene rings is 1. The Morgan fingerprint density at radius 2 is 1.83 bits per heavy atom. The fourth-order valence-corrected chi connectivity index (χ4v) is 4.36. The maximum atomic E-state index is 5.93. The second-order valence-corrected chi connectivity index (χ2v) is 7.67. The van der Waals surface area contributed by atoms with E-state index in [9.17, 15) is 0 Å². The van der Waals surface area contributed by atoms with Gasteiger partial charge in [-0.05, 0) is 37.1 Å². The molecule has 0 aromatic heterocycles. The summed E-state index contributed by atoms with van der Waals surface area (Å²) >= 11 is 0. The number of rotatable bonds is 6. The Morgan fingerprint density at radius 1 is 1.14 bits per heavy atom. The summed E-state index contributed by atoms with van der Waals surface area (Å²) in [6.07, 6.45) is 2.86. The first-order valence-electron chi connectivity index (χ1n) is 10.5. The summed E-state index contributed by atoms with van der Waals surface area (Å²) in [7, 11) is 0. The van der Waals surface area contributed by atoms with Crippen LogP contribution in [0.2, 0.25) is 0 Å². The zero-order valence-electron chi connectivity index (χ0n) is 17.7. The maximum Gasteiger partial charge on any atom is 0.102 e. The summed E-state index contributed by atoms with van der Waals surface area (Å²) in [5, 5.41) is 3.60. The van der Waals surface area contributed by atoms with E-state index in [1.807, 2.05) is 13.8 Å². The minimum absolute atomic E-state index is 0. The summed E-state index contributed by atoms with van der Waals surface area (Å²) in [6.45, 7) is 11.1. The van der Waals surface area contributed by atoms with E-state index in [0.29, 0.717) is 12.5 Å². The van der Waals surface area contributed by atoms with Gasteiger partial charge < -0.3 is 15.6 Å². The zero-order chi connectivity index (χ0) is 19.2. The van der Waals surface area contributed by atoms with Crippen molar-refractivity contribution in [3.63, 3.8) is 0 Å². The molecular formula is C22H43N5O2. The first kappa shape index (κ1) is 26.0. The molecule has 4 rings (SSSR count). The van der Waals surface area contributed by atoms with E-state index in [0.717, 1.165) is 18.7 Å². The van der Waals surface area contributed by atoms with Crippen LogP contribution in [0, 0.1) is 5.92 Å². The lowest BCUT2D eigenvalue weighted by atomic mass is 10.0. The van der Waals surface area contributed by atoms with Gasteiger partial charge in [-0.15, -0.1) is 0 Å². The lowest BCUT2D eigenvalue weighted by Gasteiger charge is -2.25. The van der Waals surface area contributed by atoms with Crippen LogP contribution in [-0.4, -0.2) is 49.5 Å². The standard InChI is InChI=1S/C19H30N4O2.C2H6.CH4.H3N/c1-13-11-24-18-16(12-25-17(13)18)21-19(22-20)15-6-4-5-14(9-15)10-23-7-2-3-8-23;1-2;;/h4-6,9,13,16-19,21-22H,2-3,7-8,10-12,20H2,1H3;1-2H3;1H4;1H3/t13-,16-,17+,18+,19?;;;/m0.../s1. The van der Waals surface area contributed by atoms with Gasteiger partial charge in [0.25, 0.3) is 0 Å². The molecule has 3 aliphatic rings. The van der Waals surface area contributed by atoms with E-state index in [-0.39, 0.29) is 38.0 Å². The highest BCUT2D eigenvalue weighted by Gasteiger charge is 2.46. The van der Waals surface area contributed by atoms with Crippen LogP contribution in [0.3, 0.4) is 0 Å². The highest BCUT2D eigenvalue weighted by Crippen LogP contribution is 2.31. The molecule has 3 aliphatic heterocycles. The molecule has 1 unspecified atom stereocenters. The maximum absolute atomic E-state index is 5.93. The van der Waals surface area contributed by atoms with Crippen molar-refractivity contribution in [2.45, 2.75) is 72.0 Å². The molecule has 0 bridgehead atoms. The predicted octanol–water partition coefficient (Wildman–Crippen LogP) is 2.96. The van der Waals surface area contributed by atoms with Crippen molar-refractivity contribution in [1.82, 2.24) is 21.8 Å². The van der Waals surface area contributed by atoms with Crippen LogP contribution in [0.4, 0.5) is 0 Å². The van der Waals surface area contributed by atoms with Gasteiger partial charge in [0, 0.05) is 12.5 Å². The zero-order valence-corrected chi connectivity index (χ0v) is 17.7. The molecule has 1 aromatic carbocycles. The highest BCUT2D eigenvalue weighted by atomic mass is 16.6. The lowest BCUT2D eigenvalue weighted by Crippen LogP contribution is -2.48. The average molecular weight is 410 g/mol. The largest absolute Gasteiger partial charge is 0.373 e. The monoisotopic (exact) mass is 409 g/mol. The Balaban J connectivity index is 0.00000102. The Hall–Kier alpha value is -1.06. The molecule has 0 aliphatic carbocycles. The summed E-state index contributed by atoms with van der Waals surface area (Å²) in [4.78, 5) is 2.51. The van der Waals surface area contributed by atoms with Gasteiger partial charge in [-0.25, -0.2) is 5.43 Å². The Bertz CT molecular complexity index is 582. The fraction of sp³-hybridized carbons (Fsp3) is 0.727. The van der Waals surface area contributed by atoms with Crippen molar-refractivity contribution in [2.75, 3.05) is 26.3 Å². The number of hydrogen-bond donors (Lipinski definition) is 4. The van der Waals surface area contributed by atoms with Crippen molar-refractivity contribution in [3.05, 3.63) is 35.4 Å². The van der Waals surface area contributed by atoms with E-state index in [2.05, 4.69) is 46.8 Å². The van der Waals surface area contributed by atoms with E-state index in [4.69, 9.17) is 15.3 Å². The van der Waals surface area contributed by atoms with Crippen LogP contribution < -0.4 is 22.7 Å². The summed E-state index contributed by atoms with van der Waals surface area (Å²) in [5.74, 6) is 6.32. The first-order chi connectivity index (χ1) is 13.2. The van der Waals surface area contributed by atoms with Crippen LogP contribution in [0.25, 0.3) is 0 Å². The number of ether oxygens (including phenoxy) is 2. The highest BCUT2D eigenvalue weighted by molar-refractivity contribution is 5.26. The molecule has 168 valence electrons. The molecule has 29 heavy (non-hydrogen) atoms. The van der Waals surface area contributed by atoms with Crippen molar-refractivity contribution in [2.24, 2.45) is 11.8 Å². The molecule has 3 heterocycles. The Kier molecular flexibility index (Phi) is 11.3. The minimum atomic E-state index is -0.106. The van der Waals surface area contributed by atoms with E-state index < -0.39 is 0 Å². The molecular weight excluding hydrogens is 366 g/mol. The lowest BCUT2D eigenvalue weighted by molar-refractivity contribution is 0.0631. The SMILES string of the molecule is C.CC.C[C@H]1CO[C@H]2[C@@H]1OC[C@@H]2NC(NN)c1cccc(CN2CCCC2)c1.N. The topological polar surface area (TPSA) is 107 Å². The van der Waals surface area contributed by atoms with Gasteiger partial charge in [-0.2, -0.15) is 0 Å². The van der Waals surface area contributed by atoms with Crippen LogP contribution in [-0.2, 0) is 16.0 Å². The van der Waals surface area contributed by atoms with E-state index in [1.165, 1.54) is 31.5 Å². The smallest absolute Gasteiger partial charge is 0.102 e. The summed E-state index contributed by atoms with van der Waals surface area (Å²) in [5.41, 5.74) is 5.42. The summed E-state index contributed by atoms with van der Waals surface area (Å²) < 4.78 is 11.9. The quantitative estimate of drug-likeness (QED) is 0.325. The van der Waals surface area contributed by atoms with Crippen molar-refractivity contribution in [1.29, 1.82) is 0 Å². The molecule has 7 heteroatoms. The number of nitrogens with one attached hydrogen (secondary N) is 2. The third-order valence-electron chi connectivity index (χ3n) is 5.74. The molecule has 7 nitrogen and oxygen atoms in total. The van der Waals surface area contributed by atoms with Gasteiger partial charge in [0.05, 0.1) is 31.5 Å². The minimum Gasteiger partial charge on any atom is -0.373 e. The molecule has 7 N–H and O–H groups in total. The van der Waals surface area contributed by atoms with Crippen LogP contribution in [0.5, 0.6) is 0 Å². The number of nitrogens with zero attached hydrogens (tertiary/aromatic N) is 1. The van der Waals surface area contributed by atoms with E-state index >= 15 is 0 Å². The Morgan fingerprint density at radius 3 is 2.52 bits per heavy atom. The van der Waals surface area contributed by atoms with Crippen LogP contribution in [0.1, 0.15) is 58.3 Å². The van der Waals surface area contributed by atoms with Gasteiger partial charge >= 0.3 is 0 Å². The number of hydrazine groups is 1. The van der Waals surface area contributed by atoms with Gasteiger partial charge in [-0.1, -0.05) is 52.5 Å². The van der Waals surface area contributed by atoms with Gasteiger partial charge in [0.2, 0.25) is 0 Å². The third kappa shape index (κ3) is 6.21. The molecule has 0 amide bonds. The van der Waals surface area contributed by atoms with Gasteiger partial charge in [0.1, 0.15) is 6.10 Å². The van der Waals surface area contributed by atoms with Crippen LogP contribution in [0.15, 0.2) is 24.3 Å². The third-order valence-corrected chi connectivity index (χ3v) is 5.74. The second kappa shape index (κ2) is 12.6. The Labute approximate surface area is 177 Å². The van der Waals surface area contributed by atoms with E-state index in [1.54, 1.807) is 0 Å². The molecule has 3 fully saturated rings. The summed E-state index contributed by atoms with van der Waals surface area (Å²) in [6, 6.07) is 8.86. The number of hydrogen-bond acceptors (Lipinski definition) is 7. The molecule has 5 atom stereocenters. The predicted molar refractivity (Wildman–Crippen MR) is 120 cm³/mol. The fourth-order valence-electron chi connectivity index (χ4n) is 4.36. The van der Waals surface area contributed by atoms with Crippen molar-refractivity contribution < 1.29 is 9.47 Å². The molecule has 0 saturated carbocycles. The number of nitrogens with two attached hydrogens (primary N) is 1. The molecule has 3 saturated heterocycles. The van der Waals surface area contributed by atoms with Crippen molar-refractivity contribution >= 4 is 0 Å².